The Kier molecular flexibility index (Phi) is 9.07. The molecule has 1 atom stereocenters. The Hall–Kier alpha value is -0.960. The zero-order valence-electron chi connectivity index (χ0n) is 17.5. The Labute approximate surface area is 181 Å². The number of halogens is 12. The summed E-state index contributed by atoms with van der Waals surface area (Å²) < 4.78 is 170. The van der Waals surface area contributed by atoms with E-state index < -0.39 is 92.7 Å². The average molecular weight is 516 g/mol. The van der Waals surface area contributed by atoms with Gasteiger partial charge in [-0.25, -0.2) is 0 Å². The number of rotatable bonds is 8. The number of hydrogen-bond acceptors (Lipinski definition) is 3. The molecule has 1 aliphatic carbocycles. The molecule has 1 fully saturated rings. The van der Waals surface area contributed by atoms with Gasteiger partial charge in [-0.15, -0.1) is 0 Å². The van der Waals surface area contributed by atoms with E-state index in [0.717, 1.165) is 0 Å². The van der Waals surface area contributed by atoms with Crippen LogP contribution in [-0.4, -0.2) is 60.3 Å². The van der Waals surface area contributed by atoms with Gasteiger partial charge >= 0.3 is 24.7 Å². The van der Waals surface area contributed by atoms with Crippen LogP contribution >= 0.6 is 0 Å². The van der Waals surface area contributed by atoms with Gasteiger partial charge in [0.1, 0.15) is 0 Å². The van der Waals surface area contributed by atoms with Gasteiger partial charge in [0, 0.05) is 11.8 Å². The first kappa shape index (κ1) is 30.1. The van der Waals surface area contributed by atoms with Crippen LogP contribution in [-0.2, 0) is 9.47 Å². The maximum absolute atomic E-state index is 13.7. The highest BCUT2D eigenvalue weighted by atomic mass is 19.4. The SMILES string of the molecule is CCC(C)OCCOC(C1CCC(C(O)(C(F)(F)F)C(F)(F)F)CC1)(C(F)(F)F)C(F)(F)F. The lowest BCUT2D eigenvalue weighted by Crippen LogP contribution is -2.66. The highest BCUT2D eigenvalue weighted by Crippen LogP contribution is 2.58. The van der Waals surface area contributed by atoms with Crippen LogP contribution in [0.25, 0.3) is 0 Å². The standard InChI is InChI=1S/C18H24F12O3/c1-3-10(2)32-8-9-33-14(17(25,26)27,18(28,29)30)12-6-4-11(5-7-12)13(31,15(19,20)21)16(22,23)24/h10-12,31H,3-9H2,1-2H3. The zero-order valence-corrected chi connectivity index (χ0v) is 17.5. The molecule has 33 heavy (non-hydrogen) atoms. The third-order valence-corrected chi connectivity index (χ3v) is 5.99. The summed E-state index contributed by atoms with van der Waals surface area (Å²) in [7, 11) is 0. The van der Waals surface area contributed by atoms with E-state index in [1.54, 1.807) is 6.92 Å². The fraction of sp³-hybridized carbons (Fsp3) is 1.00. The van der Waals surface area contributed by atoms with Crippen molar-refractivity contribution in [2.24, 2.45) is 11.8 Å². The second-order valence-corrected chi connectivity index (χ2v) is 7.98. The monoisotopic (exact) mass is 516 g/mol. The molecule has 1 aliphatic rings. The van der Waals surface area contributed by atoms with Crippen LogP contribution in [0.15, 0.2) is 0 Å². The molecule has 0 saturated heterocycles. The summed E-state index contributed by atoms with van der Waals surface area (Å²) in [6.07, 6.45) is -30.2. The van der Waals surface area contributed by atoms with Crippen molar-refractivity contribution in [3.63, 3.8) is 0 Å². The third-order valence-electron chi connectivity index (χ3n) is 5.99. The lowest BCUT2D eigenvalue weighted by atomic mass is 9.67. The maximum Gasteiger partial charge on any atom is 0.426 e. The van der Waals surface area contributed by atoms with E-state index in [4.69, 9.17) is 4.74 Å². The quantitative estimate of drug-likeness (QED) is 0.302. The minimum absolute atomic E-state index is 0.398. The average Bonchev–Trinajstić information content (AvgIpc) is 2.63. The number of ether oxygens (including phenoxy) is 2. The summed E-state index contributed by atoms with van der Waals surface area (Å²) in [4.78, 5) is 0. The molecule has 198 valence electrons. The zero-order chi connectivity index (χ0) is 26.1. The first-order valence-electron chi connectivity index (χ1n) is 9.91. The fourth-order valence-corrected chi connectivity index (χ4v) is 4.02. The maximum atomic E-state index is 13.7. The van der Waals surface area contributed by atoms with E-state index in [1.807, 2.05) is 0 Å². The Balaban J connectivity index is 3.21. The van der Waals surface area contributed by atoms with E-state index in [2.05, 4.69) is 4.74 Å². The first-order valence-corrected chi connectivity index (χ1v) is 9.91. The molecule has 3 nitrogen and oxygen atoms in total. The summed E-state index contributed by atoms with van der Waals surface area (Å²) in [5, 5.41) is 9.42. The molecule has 0 radical (unpaired) electrons. The van der Waals surface area contributed by atoms with Crippen LogP contribution in [0.5, 0.6) is 0 Å². The molecule has 1 N–H and O–H groups in total. The minimum Gasteiger partial charge on any atom is -0.376 e. The molecule has 1 unspecified atom stereocenters. The van der Waals surface area contributed by atoms with Crippen LogP contribution in [0.3, 0.4) is 0 Å². The molecule has 0 aliphatic heterocycles. The summed E-state index contributed by atoms with van der Waals surface area (Å²) in [5.74, 6) is -5.20. The molecule has 15 heteroatoms. The molecular formula is C18H24F12O3. The lowest BCUT2D eigenvalue weighted by Gasteiger charge is -2.47. The highest BCUT2D eigenvalue weighted by molar-refractivity contribution is 5.06. The first-order chi connectivity index (χ1) is 14.7. The number of alkyl halides is 12. The largest absolute Gasteiger partial charge is 0.426 e. The van der Waals surface area contributed by atoms with Crippen molar-refractivity contribution in [1.29, 1.82) is 0 Å². The van der Waals surface area contributed by atoms with Gasteiger partial charge in [-0.2, -0.15) is 52.7 Å². The molecule has 0 aromatic carbocycles. The molecule has 0 spiro atoms. The van der Waals surface area contributed by atoms with Crippen molar-refractivity contribution in [1.82, 2.24) is 0 Å². The molecule has 1 rings (SSSR count). The van der Waals surface area contributed by atoms with Gasteiger partial charge in [0.25, 0.3) is 11.2 Å². The molecule has 0 aromatic rings. The van der Waals surface area contributed by atoms with Crippen LogP contribution in [0.2, 0.25) is 0 Å². The van der Waals surface area contributed by atoms with Gasteiger partial charge in [0.05, 0.1) is 19.3 Å². The Morgan fingerprint density at radius 3 is 1.42 bits per heavy atom. The van der Waals surface area contributed by atoms with E-state index in [0.29, 0.717) is 6.42 Å². The van der Waals surface area contributed by atoms with Crippen LogP contribution < -0.4 is 0 Å². The van der Waals surface area contributed by atoms with E-state index in [1.165, 1.54) is 6.92 Å². The number of hydrogen-bond donors (Lipinski definition) is 1. The van der Waals surface area contributed by atoms with Crippen molar-refractivity contribution < 1.29 is 67.3 Å². The van der Waals surface area contributed by atoms with Gasteiger partial charge in [0.15, 0.2) is 0 Å². The summed E-state index contributed by atoms with van der Waals surface area (Å²) in [5.41, 5.74) is -10.1. The van der Waals surface area contributed by atoms with Gasteiger partial charge < -0.3 is 14.6 Å². The van der Waals surface area contributed by atoms with E-state index in [9.17, 15) is 57.8 Å². The number of aliphatic hydroxyl groups is 1. The van der Waals surface area contributed by atoms with Crippen LogP contribution in [0, 0.1) is 11.8 Å². The highest BCUT2D eigenvalue weighted by Gasteiger charge is 2.77. The second-order valence-electron chi connectivity index (χ2n) is 7.98. The molecule has 0 bridgehead atoms. The predicted octanol–water partition coefficient (Wildman–Crippen LogP) is 6.34. The molecule has 1 saturated carbocycles. The topological polar surface area (TPSA) is 38.7 Å². The summed E-state index contributed by atoms with van der Waals surface area (Å²) in [6, 6.07) is 0. The van der Waals surface area contributed by atoms with E-state index in [-0.39, 0.29) is 0 Å². The Morgan fingerprint density at radius 2 is 1.09 bits per heavy atom. The fourth-order valence-electron chi connectivity index (χ4n) is 4.02. The van der Waals surface area contributed by atoms with Gasteiger partial charge in [-0.1, -0.05) is 6.92 Å². The van der Waals surface area contributed by atoms with Crippen molar-refractivity contribution in [2.45, 2.75) is 88.0 Å². The van der Waals surface area contributed by atoms with Crippen LogP contribution in [0.4, 0.5) is 52.7 Å². The smallest absolute Gasteiger partial charge is 0.376 e. The Bertz CT molecular complexity index is 587. The summed E-state index contributed by atoms with van der Waals surface area (Å²) >= 11 is 0. The summed E-state index contributed by atoms with van der Waals surface area (Å²) in [6.45, 7) is 1.33. The van der Waals surface area contributed by atoms with Crippen molar-refractivity contribution in [3.05, 3.63) is 0 Å². The minimum atomic E-state index is -6.24. The van der Waals surface area contributed by atoms with Crippen molar-refractivity contribution in [3.8, 4) is 0 Å². The van der Waals surface area contributed by atoms with Gasteiger partial charge in [-0.3, -0.25) is 0 Å². The molecule has 0 amide bonds. The second kappa shape index (κ2) is 9.96. The molecule has 0 heterocycles. The van der Waals surface area contributed by atoms with Gasteiger partial charge in [0.2, 0.25) is 0 Å². The van der Waals surface area contributed by atoms with Crippen LogP contribution in [0.1, 0.15) is 46.0 Å². The van der Waals surface area contributed by atoms with Crippen molar-refractivity contribution in [2.75, 3.05) is 13.2 Å². The predicted molar refractivity (Wildman–Crippen MR) is 89.0 cm³/mol. The third kappa shape index (κ3) is 5.82. The van der Waals surface area contributed by atoms with Gasteiger partial charge in [-0.05, 0) is 39.0 Å². The molecular weight excluding hydrogens is 492 g/mol. The molecule has 0 aromatic heterocycles. The lowest BCUT2D eigenvalue weighted by molar-refractivity contribution is -0.407. The Morgan fingerprint density at radius 1 is 0.697 bits per heavy atom. The van der Waals surface area contributed by atoms with Crippen molar-refractivity contribution >= 4 is 0 Å². The van der Waals surface area contributed by atoms with E-state index >= 15 is 0 Å². The normalized spacial score (nSPS) is 23.0.